The standard InChI is InChI=1S/C18H16O4S/c1-20-13-4-3-5-15(9-13)23-11-12-8-18(19)22-17-10-14(21-2)6-7-16(12)17/h3-10H,11H2,1-2H3. The van der Waals surface area contributed by atoms with Crippen LogP contribution in [-0.2, 0) is 5.75 Å². The summed E-state index contributed by atoms with van der Waals surface area (Å²) in [6.07, 6.45) is 0. The minimum Gasteiger partial charge on any atom is -0.497 e. The van der Waals surface area contributed by atoms with Crippen LogP contribution in [0.3, 0.4) is 0 Å². The van der Waals surface area contributed by atoms with Crippen LogP contribution in [0.1, 0.15) is 5.56 Å². The average molecular weight is 328 g/mol. The summed E-state index contributed by atoms with van der Waals surface area (Å²) < 4.78 is 15.7. The molecule has 118 valence electrons. The molecular formula is C18H16O4S. The van der Waals surface area contributed by atoms with Crippen LogP contribution >= 0.6 is 11.8 Å². The molecule has 0 saturated carbocycles. The molecule has 0 aliphatic heterocycles. The molecule has 2 aromatic carbocycles. The third-order valence-corrected chi connectivity index (χ3v) is 4.52. The minimum absolute atomic E-state index is 0.355. The highest BCUT2D eigenvalue weighted by molar-refractivity contribution is 7.98. The maximum Gasteiger partial charge on any atom is 0.336 e. The molecule has 3 aromatic rings. The van der Waals surface area contributed by atoms with Crippen molar-refractivity contribution in [2.45, 2.75) is 10.6 Å². The zero-order valence-corrected chi connectivity index (χ0v) is 13.7. The van der Waals surface area contributed by atoms with E-state index >= 15 is 0 Å². The van der Waals surface area contributed by atoms with Gasteiger partial charge in [-0.1, -0.05) is 6.07 Å². The smallest absolute Gasteiger partial charge is 0.336 e. The summed E-state index contributed by atoms with van der Waals surface area (Å²) >= 11 is 1.64. The normalized spacial score (nSPS) is 10.7. The van der Waals surface area contributed by atoms with Gasteiger partial charge >= 0.3 is 5.63 Å². The van der Waals surface area contributed by atoms with Gasteiger partial charge in [-0.05, 0) is 35.9 Å². The second-order valence-corrected chi connectivity index (χ2v) is 5.97. The monoisotopic (exact) mass is 328 g/mol. The van der Waals surface area contributed by atoms with Gasteiger partial charge in [0.2, 0.25) is 0 Å². The van der Waals surface area contributed by atoms with Crippen molar-refractivity contribution >= 4 is 22.7 Å². The summed E-state index contributed by atoms with van der Waals surface area (Å²) in [6, 6.07) is 14.9. The first-order chi connectivity index (χ1) is 11.2. The first-order valence-corrected chi connectivity index (χ1v) is 8.06. The summed E-state index contributed by atoms with van der Waals surface area (Å²) in [5, 5.41) is 0.917. The van der Waals surface area contributed by atoms with E-state index in [0.29, 0.717) is 17.1 Å². The van der Waals surface area contributed by atoms with Crippen molar-refractivity contribution in [3.05, 3.63) is 64.5 Å². The Morgan fingerprint density at radius 2 is 1.78 bits per heavy atom. The van der Waals surface area contributed by atoms with Gasteiger partial charge in [-0.15, -0.1) is 11.8 Å². The molecule has 0 saturated heterocycles. The highest BCUT2D eigenvalue weighted by Crippen LogP contribution is 2.29. The third-order valence-electron chi connectivity index (χ3n) is 3.47. The minimum atomic E-state index is -0.355. The van der Waals surface area contributed by atoms with E-state index in [1.54, 1.807) is 38.1 Å². The highest BCUT2D eigenvalue weighted by Gasteiger charge is 2.08. The van der Waals surface area contributed by atoms with Crippen LogP contribution in [0.2, 0.25) is 0 Å². The van der Waals surface area contributed by atoms with Crippen LogP contribution in [-0.4, -0.2) is 14.2 Å². The molecule has 0 N–H and O–H groups in total. The number of rotatable bonds is 5. The number of hydrogen-bond acceptors (Lipinski definition) is 5. The topological polar surface area (TPSA) is 48.7 Å². The number of methoxy groups -OCH3 is 2. The fraction of sp³-hybridized carbons (Fsp3) is 0.167. The van der Waals surface area contributed by atoms with E-state index in [2.05, 4.69) is 0 Å². The number of ether oxygens (including phenoxy) is 2. The molecule has 3 rings (SSSR count). The number of fused-ring (bicyclic) bond motifs is 1. The molecule has 0 spiro atoms. The summed E-state index contributed by atoms with van der Waals surface area (Å²) in [5.41, 5.74) is 1.12. The maximum absolute atomic E-state index is 11.8. The molecule has 1 heterocycles. The molecule has 0 fully saturated rings. The maximum atomic E-state index is 11.8. The Bertz CT molecular complexity index is 886. The van der Waals surface area contributed by atoms with Crippen molar-refractivity contribution in [2.24, 2.45) is 0 Å². The lowest BCUT2D eigenvalue weighted by Gasteiger charge is -2.08. The van der Waals surface area contributed by atoms with Crippen molar-refractivity contribution in [2.75, 3.05) is 14.2 Å². The zero-order chi connectivity index (χ0) is 16.2. The Morgan fingerprint density at radius 1 is 1.00 bits per heavy atom. The Hall–Kier alpha value is -2.40. The van der Waals surface area contributed by atoms with Gasteiger partial charge < -0.3 is 13.9 Å². The van der Waals surface area contributed by atoms with Gasteiger partial charge in [0.15, 0.2) is 0 Å². The lowest BCUT2D eigenvalue weighted by atomic mass is 10.1. The van der Waals surface area contributed by atoms with Gasteiger partial charge in [0, 0.05) is 28.2 Å². The van der Waals surface area contributed by atoms with Gasteiger partial charge in [-0.3, -0.25) is 0 Å². The Kier molecular flexibility index (Phi) is 4.57. The Balaban J connectivity index is 1.91. The van der Waals surface area contributed by atoms with Crippen LogP contribution in [0.15, 0.2) is 62.6 Å². The number of benzene rings is 2. The second-order valence-electron chi connectivity index (χ2n) is 4.92. The first-order valence-electron chi connectivity index (χ1n) is 7.07. The van der Waals surface area contributed by atoms with Gasteiger partial charge in [-0.25, -0.2) is 4.79 Å². The third kappa shape index (κ3) is 3.51. The van der Waals surface area contributed by atoms with Gasteiger partial charge in [0.1, 0.15) is 17.1 Å². The van der Waals surface area contributed by atoms with Crippen LogP contribution in [0.25, 0.3) is 11.0 Å². The molecule has 0 bridgehead atoms. The van der Waals surface area contributed by atoms with Crippen molar-refractivity contribution in [1.82, 2.24) is 0 Å². The Labute approximate surface area is 138 Å². The van der Waals surface area contributed by atoms with E-state index in [1.807, 2.05) is 36.4 Å². The molecular weight excluding hydrogens is 312 g/mol. The average Bonchev–Trinajstić information content (AvgIpc) is 2.59. The molecule has 23 heavy (non-hydrogen) atoms. The number of thioether (sulfide) groups is 1. The van der Waals surface area contributed by atoms with Crippen LogP contribution in [0.4, 0.5) is 0 Å². The van der Waals surface area contributed by atoms with Crippen molar-refractivity contribution < 1.29 is 13.9 Å². The van der Waals surface area contributed by atoms with Crippen molar-refractivity contribution in [1.29, 1.82) is 0 Å². The van der Waals surface area contributed by atoms with Crippen LogP contribution in [0, 0.1) is 0 Å². The number of hydrogen-bond donors (Lipinski definition) is 0. The molecule has 4 nitrogen and oxygen atoms in total. The molecule has 0 radical (unpaired) electrons. The highest BCUT2D eigenvalue weighted by atomic mass is 32.2. The van der Waals surface area contributed by atoms with E-state index in [1.165, 1.54) is 0 Å². The van der Waals surface area contributed by atoms with Gasteiger partial charge in [-0.2, -0.15) is 0 Å². The van der Waals surface area contributed by atoms with E-state index in [9.17, 15) is 4.79 Å². The van der Waals surface area contributed by atoms with E-state index in [0.717, 1.165) is 21.6 Å². The summed E-state index contributed by atoms with van der Waals surface area (Å²) in [6.45, 7) is 0. The molecule has 0 atom stereocenters. The lowest BCUT2D eigenvalue weighted by molar-refractivity contribution is 0.413. The van der Waals surface area contributed by atoms with Crippen molar-refractivity contribution in [3.63, 3.8) is 0 Å². The predicted molar refractivity (Wildman–Crippen MR) is 91.6 cm³/mol. The quantitative estimate of drug-likeness (QED) is 0.521. The summed E-state index contributed by atoms with van der Waals surface area (Å²) in [4.78, 5) is 12.9. The van der Waals surface area contributed by atoms with Crippen LogP contribution in [0.5, 0.6) is 11.5 Å². The lowest BCUT2D eigenvalue weighted by Crippen LogP contribution is -2.00. The Morgan fingerprint density at radius 3 is 2.57 bits per heavy atom. The van der Waals surface area contributed by atoms with E-state index < -0.39 is 0 Å². The first kappa shape index (κ1) is 15.5. The zero-order valence-electron chi connectivity index (χ0n) is 12.9. The van der Waals surface area contributed by atoms with Crippen molar-refractivity contribution in [3.8, 4) is 11.5 Å². The fourth-order valence-electron chi connectivity index (χ4n) is 2.31. The molecule has 0 unspecified atom stereocenters. The van der Waals surface area contributed by atoms with Crippen LogP contribution < -0.4 is 15.1 Å². The largest absolute Gasteiger partial charge is 0.497 e. The fourth-order valence-corrected chi connectivity index (χ4v) is 3.24. The van der Waals surface area contributed by atoms with E-state index in [-0.39, 0.29) is 5.63 Å². The molecule has 0 amide bonds. The molecule has 0 aliphatic carbocycles. The predicted octanol–water partition coefficient (Wildman–Crippen LogP) is 4.10. The van der Waals surface area contributed by atoms with E-state index in [4.69, 9.17) is 13.9 Å². The SMILES string of the molecule is COc1cccc(SCc2cc(=O)oc3cc(OC)ccc23)c1. The van der Waals surface area contributed by atoms with Gasteiger partial charge in [0.25, 0.3) is 0 Å². The molecule has 5 heteroatoms. The summed E-state index contributed by atoms with van der Waals surface area (Å²) in [5.74, 6) is 2.15. The molecule has 1 aromatic heterocycles. The summed E-state index contributed by atoms with van der Waals surface area (Å²) in [7, 11) is 3.23. The second kappa shape index (κ2) is 6.79. The molecule has 0 aliphatic rings. The van der Waals surface area contributed by atoms with Gasteiger partial charge in [0.05, 0.1) is 14.2 Å².